The predicted molar refractivity (Wildman–Crippen MR) is 74.9 cm³/mol. The third-order valence-electron chi connectivity index (χ3n) is 2.97. The first-order chi connectivity index (χ1) is 10.3. The van der Waals surface area contributed by atoms with Crippen molar-refractivity contribution >= 4 is 15.7 Å². The SMILES string of the molecule is COc1ccc(N(F)S(=O)(=O)c2ccc(C)cc2)c(F)c1F. The van der Waals surface area contributed by atoms with Crippen LogP contribution in [-0.4, -0.2) is 15.5 Å². The number of sulfonamides is 1. The molecule has 2 rings (SSSR count). The van der Waals surface area contributed by atoms with Crippen LogP contribution in [0.3, 0.4) is 0 Å². The van der Waals surface area contributed by atoms with E-state index >= 15 is 0 Å². The van der Waals surface area contributed by atoms with Crippen LogP contribution in [0.2, 0.25) is 0 Å². The molecule has 2 aromatic carbocycles. The standard InChI is InChI=1S/C14H12F3NO3S/c1-9-3-5-10(6-4-9)22(19,20)18(17)11-7-8-12(21-2)14(16)13(11)15/h3-8H,1-2H3. The van der Waals surface area contributed by atoms with Gasteiger partial charge < -0.3 is 4.74 Å². The first-order valence-electron chi connectivity index (χ1n) is 6.09. The van der Waals surface area contributed by atoms with Crippen LogP contribution in [0.1, 0.15) is 5.56 Å². The van der Waals surface area contributed by atoms with E-state index in [1.165, 1.54) is 24.3 Å². The molecule has 2 aromatic rings. The highest BCUT2D eigenvalue weighted by Gasteiger charge is 2.29. The number of hydrogen-bond acceptors (Lipinski definition) is 3. The van der Waals surface area contributed by atoms with Crippen LogP contribution in [0.5, 0.6) is 5.75 Å². The van der Waals surface area contributed by atoms with E-state index in [2.05, 4.69) is 4.74 Å². The molecule has 0 heterocycles. The molecule has 0 bridgehead atoms. The second kappa shape index (κ2) is 5.88. The number of aryl methyl sites for hydroxylation is 1. The molecule has 0 radical (unpaired) electrons. The average Bonchev–Trinajstić information content (AvgIpc) is 2.49. The third-order valence-corrected chi connectivity index (χ3v) is 4.45. The maximum Gasteiger partial charge on any atom is 0.290 e. The number of rotatable bonds is 4. The Balaban J connectivity index is 2.49. The van der Waals surface area contributed by atoms with Gasteiger partial charge in [-0.15, -0.1) is 0 Å². The van der Waals surface area contributed by atoms with Gasteiger partial charge in [0.15, 0.2) is 11.6 Å². The van der Waals surface area contributed by atoms with Gasteiger partial charge in [-0.25, -0.2) is 4.39 Å². The molecule has 0 aliphatic heterocycles. The molecule has 8 heteroatoms. The van der Waals surface area contributed by atoms with E-state index in [4.69, 9.17) is 0 Å². The quantitative estimate of drug-likeness (QED) is 0.807. The van der Waals surface area contributed by atoms with E-state index in [0.29, 0.717) is 0 Å². The van der Waals surface area contributed by atoms with Gasteiger partial charge in [0.25, 0.3) is 10.0 Å². The van der Waals surface area contributed by atoms with Gasteiger partial charge in [0.05, 0.1) is 12.0 Å². The minimum absolute atomic E-state index is 0.378. The minimum atomic E-state index is -4.65. The van der Waals surface area contributed by atoms with E-state index in [9.17, 15) is 21.7 Å². The Hall–Kier alpha value is -2.22. The Morgan fingerprint density at radius 1 is 1.00 bits per heavy atom. The highest BCUT2D eigenvalue weighted by Crippen LogP contribution is 2.32. The minimum Gasteiger partial charge on any atom is -0.494 e. The summed E-state index contributed by atoms with van der Waals surface area (Å²) in [7, 11) is -3.54. The summed E-state index contributed by atoms with van der Waals surface area (Å²) in [6.07, 6.45) is 0. The van der Waals surface area contributed by atoms with Gasteiger partial charge in [-0.1, -0.05) is 26.7 Å². The molecule has 0 saturated heterocycles. The van der Waals surface area contributed by atoms with Gasteiger partial charge in [0, 0.05) is 0 Å². The lowest BCUT2D eigenvalue weighted by molar-refractivity contribution is 0.370. The highest BCUT2D eigenvalue weighted by atomic mass is 32.2. The normalized spacial score (nSPS) is 11.3. The largest absolute Gasteiger partial charge is 0.494 e. The van der Waals surface area contributed by atoms with Crippen LogP contribution in [-0.2, 0) is 10.0 Å². The molecule has 0 saturated carbocycles. The zero-order valence-corrected chi connectivity index (χ0v) is 12.5. The molecule has 0 spiro atoms. The summed E-state index contributed by atoms with van der Waals surface area (Å²) >= 11 is 0. The van der Waals surface area contributed by atoms with Crippen LogP contribution in [0.25, 0.3) is 0 Å². The number of nitrogens with zero attached hydrogens (tertiary/aromatic N) is 1. The summed E-state index contributed by atoms with van der Waals surface area (Å²) in [6, 6.07) is 7.00. The Bertz CT molecular complexity index is 792. The molecule has 0 amide bonds. The van der Waals surface area contributed by atoms with Gasteiger partial charge >= 0.3 is 0 Å². The Kier molecular flexibility index (Phi) is 4.32. The molecule has 22 heavy (non-hydrogen) atoms. The fourth-order valence-corrected chi connectivity index (χ4v) is 2.81. The first kappa shape index (κ1) is 16.2. The zero-order chi connectivity index (χ0) is 16.5. The maximum absolute atomic E-state index is 14.2. The summed E-state index contributed by atoms with van der Waals surface area (Å²) in [5.74, 6) is -3.58. The molecule has 0 aliphatic rings. The van der Waals surface area contributed by atoms with Crippen molar-refractivity contribution in [2.24, 2.45) is 0 Å². The van der Waals surface area contributed by atoms with Crippen molar-refractivity contribution in [1.29, 1.82) is 0 Å². The molecular weight excluding hydrogens is 319 g/mol. The lowest BCUT2D eigenvalue weighted by Gasteiger charge is -2.16. The Morgan fingerprint density at radius 3 is 2.14 bits per heavy atom. The molecule has 0 N–H and O–H groups in total. The lowest BCUT2D eigenvalue weighted by Crippen LogP contribution is -2.23. The summed E-state index contributed by atoms with van der Waals surface area (Å²) < 4.78 is 69.5. The van der Waals surface area contributed by atoms with E-state index in [1.807, 2.05) is 0 Å². The van der Waals surface area contributed by atoms with Crippen LogP contribution < -0.4 is 9.26 Å². The van der Waals surface area contributed by atoms with Gasteiger partial charge in [-0.2, -0.15) is 12.8 Å². The summed E-state index contributed by atoms with van der Waals surface area (Å²) in [6.45, 7) is 1.72. The van der Waals surface area contributed by atoms with Crippen molar-refractivity contribution in [1.82, 2.24) is 0 Å². The van der Waals surface area contributed by atoms with E-state index in [1.54, 1.807) is 6.92 Å². The number of benzene rings is 2. The fourth-order valence-electron chi connectivity index (χ4n) is 1.75. The smallest absolute Gasteiger partial charge is 0.290 e. The number of methoxy groups -OCH3 is 1. The average molecular weight is 331 g/mol. The van der Waals surface area contributed by atoms with Gasteiger partial charge in [-0.05, 0) is 31.2 Å². The lowest BCUT2D eigenvalue weighted by atomic mass is 10.2. The molecule has 0 aromatic heterocycles. The van der Waals surface area contributed by atoms with Crippen LogP contribution in [0, 0.1) is 18.6 Å². The van der Waals surface area contributed by atoms with Crippen LogP contribution in [0.4, 0.5) is 18.9 Å². The first-order valence-corrected chi connectivity index (χ1v) is 7.53. The Morgan fingerprint density at radius 2 is 1.59 bits per heavy atom. The number of ether oxygens (including phenoxy) is 1. The van der Waals surface area contributed by atoms with Gasteiger partial charge in [0.2, 0.25) is 5.82 Å². The monoisotopic (exact) mass is 331 g/mol. The maximum atomic E-state index is 14.2. The van der Waals surface area contributed by atoms with Crippen molar-refractivity contribution in [2.45, 2.75) is 11.8 Å². The topological polar surface area (TPSA) is 46.6 Å². The number of anilines is 1. The van der Waals surface area contributed by atoms with Gasteiger partial charge in [-0.3, -0.25) is 0 Å². The molecule has 118 valence electrons. The molecule has 4 nitrogen and oxygen atoms in total. The summed E-state index contributed by atoms with van der Waals surface area (Å²) in [5.41, 5.74) is -0.287. The molecular formula is C14H12F3NO3S. The van der Waals surface area contributed by atoms with Crippen molar-refractivity contribution in [3.05, 3.63) is 53.6 Å². The predicted octanol–water partition coefficient (Wildman–Crippen LogP) is 3.36. The van der Waals surface area contributed by atoms with Crippen molar-refractivity contribution in [3.63, 3.8) is 0 Å². The number of hydrogen-bond donors (Lipinski definition) is 0. The van der Waals surface area contributed by atoms with Crippen LogP contribution >= 0.6 is 0 Å². The van der Waals surface area contributed by atoms with Crippen molar-refractivity contribution in [3.8, 4) is 5.75 Å². The molecule has 0 fully saturated rings. The van der Waals surface area contributed by atoms with Crippen molar-refractivity contribution in [2.75, 3.05) is 11.6 Å². The van der Waals surface area contributed by atoms with E-state index in [-0.39, 0.29) is 4.90 Å². The van der Waals surface area contributed by atoms with Crippen molar-refractivity contribution < 1.29 is 26.4 Å². The molecule has 0 unspecified atom stereocenters. The van der Waals surface area contributed by atoms with Gasteiger partial charge in [0.1, 0.15) is 5.69 Å². The third kappa shape index (κ3) is 2.74. The summed E-state index contributed by atoms with van der Waals surface area (Å²) in [4.78, 5) is -0.378. The second-order valence-electron chi connectivity index (χ2n) is 4.45. The summed E-state index contributed by atoms with van der Waals surface area (Å²) in [5, 5.41) is 0. The zero-order valence-electron chi connectivity index (χ0n) is 11.7. The second-order valence-corrected chi connectivity index (χ2v) is 6.19. The van der Waals surface area contributed by atoms with E-state index in [0.717, 1.165) is 24.8 Å². The van der Waals surface area contributed by atoms with E-state index < -0.39 is 37.6 Å². The molecule has 0 atom stereocenters. The highest BCUT2D eigenvalue weighted by molar-refractivity contribution is 7.92. The number of halogens is 3. The molecule has 0 aliphatic carbocycles. The fraction of sp³-hybridized carbons (Fsp3) is 0.143. The van der Waals surface area contributed by atoms with Crippen LogP contribution in [0.15, 0.2) is 41.3 Å². The Labute approximate surface area is 125 Å².